The fraction of sp³-hybridized carbons (Fsp3) is 0.286. The van der Waals surface area contributed by atoms with Gasteiger partial charge in [-0.15, -0.1) is 0 Å². The smallest absolute Gasteiger partial charge is 0.119 e. The van der Waals surface area contributed by atoms with Crippen molar-refractivity contribution >= 4 is 10.8 Å². The molecule has 0 spiro atoms. The van der Waals surface area contributed by atoms with Crippen molar-refractivity contribution in [1.29, 1.82) is 0 Å². The second kappa shape index (κ2) is 5.17. The van der Waals surface area contributed by atoms with E-state index >= 15 is 0 Å². The average molecular weight is 232 g/mol. The first-order chi connectivity index (χ1) is 8.24. The summed E-state index contributed by atoms with van der Waals surface area (Å²) in [5.41, 5.74) is 0.865. The summed E-state index contributed by atoms with van der Waals surface area (Å²) >= 11 is 0. The van der Waals surface area contributed by atoms with E-state index in [0.717, 1.165) is 22.1 Å². The second-order valence-corrected chi connectivity index (χ2v) is 3.94. The highest BCUT2D eigenvalue weighted by Crippen LogP contribution is 2.24. The van der Waals surface area contributed by atoms with Gasteiger partial charge in [-0.3, -0.25) is 0 Å². The van der Waals surface area contributed by atoms with Gasteiger partial charge in [-0.2, -0.15) is 0 Å². The van der Waals surface area contributed by atoms with E-state index in [9.17, 15) is 5.11 Å². The Balaban J connectivity index is 2.37. The van der Waals surface area contributed by atoms with E-state index in [2.05, 4.69) is 0 Å². The van der Waals surface area contributed by atoms with Gasteiger partial charge in [0.05, 0.1) is 13.7 Å². The highest BCUT2D eigenvalue weighted by molar-refractivity contribution is 5.84. The summed E-state index contributed by atoms with van der Waals surface area (Å²) in [6, 6.07) is 11.7. The monoisotopic (exact) mass is 232 g/mol. The van der Waals surface area contributed by atoms with Gasteiger partial charge >= 0.3 is 0 Å². The molecule has 0 aliphatic rings. The van der Waals surface area contributed by atoms with Gasteiger partial charge < -0.3 is 14.6 Å². The summed E-state index contributed by atoms with van der Waals surface area (Å²) in [5, 5.41) is 12.0. The molecule has 17 heavy (non-hydrogen) atoms. The lowest BCUT2D eigenvalue weighted by molar-refractivity contribution is 0.0645. The minimum atomic E-state index is -0.577. The standard InChI is InChI=1S/C14H16O3/c1-16-9-14(15)12-4-3-11-8-13(17-2)6-5-10(11)7-12/h3-8,14-15H,9H2,1-2H3. The lowest BCUT2D eigenvalue weighted by atomic mass is 10.0. The van der Waals surface area contributed by atoms with Gasteiger partial charge in [0.2, 0.25) is 0 Å². The maximum Gasteiger partial charge on any atom is 0.119 e. The molecule has 2 aromatic rings. The third kappa shape index (κ3) is 2.57. The number of methoxy groups -OCH3 is 2. The van der Waals surface area contributed by atoms with E-state index in [0.29, 0.717) is 6.61 Å². The Labute approximate surface area is 101 Å². The van der Waals surface area contributed by atoms with Crippen molar-refractivity contribution in [3.8, 4) is 5.75 Å². The van der Waals surface area contributed by atoms with E-state index in [1.807, 2.05) is 36.4 Å². The Bertz CT molecular complexity index is 508. The van der Waals surface area contributed by atoms with Crippen molar-refractivity contribution in [2.75, 3.05) is 20.8 Å². The first-order valence-corrected chi connectivity index (χ1v) is 5.49. The van der Waals surface area contributed by atoms with Crippen LogP contribution in [0.1, 0.15) is 11.7 Å². The molecule has 0 radical (unpaired) electrons. The van der Waals surface area contributed by atoms with Crippen molar-refractivity contribution in [3.63, 3.8) is 0 Å². The normalized spacial score (nSPS) is 12.6. The van der Waals surface area contributed by atoms with Crippen LogP contribution in [0.15, 0.2) is 36.4 Å². The van der Waals surface area contributed by atoms with E-state index in [-0.39, 0.29) is 0 Å². The minimum absolute atomic E-state index is 0.307. The largest absolute Gasteiger partial charge is 0.497 e. The van der Waals surface area contributed by atoms with Gasteiger partial charge in [-0.05, 0) is 34.5 Å². The van der Waals surface area contributed by atoms with E-state index in [1.54, 1.807) is 14.2 Å². The molecular formula is C14H16O3. The molecule has 0 fully saturated rings. The first-order valence-electron chi connectivity index (χ1n) is 5.49. The highest BCUT2D eigenvalue weighted by atomic mass is 16.5. The topological polar surface area (TPSA) is 38.7 Å². The molecule has 0 saturated carbocycles. The van der Waals surface area contributed by atoms with Crippen molar-refractivity contribution < 1.29 is 14.6 Å². The molecule has 0 aromatic heterocycles. The second-order valence-electron chi connectivity index (χ2n) is 3.94. The minimum Gasteiger partial charge on any atom is -0.497 e. The highest BCUT2D eigenvalue weighted by Gasteiger charge is 2.07. The molecule has 0 bridgehead atoms. The van der Waals surface area contributed by atoms with Crippen LogP contribution in [-0.4, -0.2) is 25.9 Å². The van der Waals surface area contributed by atoms with Crippen LogP contribution in [0.2, 0.25) is 0 Å². The number of hydrogen-bond donors (Lipinski definition) is 1. The Morgan fingerprint density at radius 2 is 1.76 bits per heavy atom. The average Bonchev–Trinajstić information content (AvgIpc) is 2.37. The van der Waals surface area contributed by atoms with Gasteiger partial charge in [-0.1, -0.05) is 18.2 Å². The van der Waals surface area contributed by atoms with Crippen LogP contribution in [0, 0.1) is 0 Å². The lowest BCUT2D eigenvalue weighted by Crippen LogP contribution is -2.04. The van der Waals surface area contributed by atoms with Gasteiger partial charge in [0.1, 0.15) is 11.9 Å². The number of fused-ring (bicyclic) bond motifs is 1. The number of ether oxygens (including phenoxy) is 2. The Morgan fingerprint density at radius 1 is 1.06 bits per heavy atom. The SMILES string of the molecule is COCC(O)c1ccc2cc(OC)ccc2c1. The molecule has 0 amide bonds. The predicted molar refractivity (Wildman–Crippen MR) is 67.3 cm³/mol. The maximum atomic E-state index is 9.83. The number of aliphatic hydroxyl groups is 1. The Morgan fingerprint density at radius 3 is 2.47 bits per heavy atom. The van der Waals surface area contributed by atoms with Crippen LogP contribution < -0.4 is 4.74 Å². The Hall–Kier alpha value is -1.58. The first kappa shape index (κ1) is 11.9. The Kier molecular flexibility index (Phi) is 3.61. The molecular weight excluding hydrogens is 216 g/mol. The molecule has 1 atom stereocenters. The lowest BCUT2D eigenvalue weighted by Gasteiger charge is -2.11. The molecule has 0 heterocycles. The van der Waals surface area contributed by atoms with Gasteiger partial charge in [0, 0.05) is 7.11 Å². The van der Waals surface area contributed by atoms with Crippen molar-refractivity contribution in [2.24, 2.45) is 0 Å². The zero-order valence-electron chi connectivity index (χ0n) is 10.0. The number of benzene rings is 2. The maximum absolute atomic E-state index is 9.83. The van der Waals surface area contributed by atoms with E-state index < -0.39 is 6.10 Å². The summed E-state index contributed by atoms with van der Waals surface area (Å²) in [6.07, 6.45) is -0.577. The van der Waals surface area contributed by atoms with Crippen molar-refractivity contribution in [3.05, 3.63) is 42.0 Å². The van der Waals surface area contributed by atoms with Gasteiger partial charge in [-0.25, -0.2) is 0 Å². The molecule has 0 aliphatic heterocycles. The molecule has 1 unspecified atom stereocenters. The third-order valence-electron chi connectivity index (χ3n) is 2.78. The van der Waals surface area contributed by atoms with Crippen molar-refractivity contribution in [2.45, 2.75) is 6.10 Å². The van der Waals surface area contributed by atoms with Crippen LogP contribution in [0.5, 0.6) is 5.75 Å². The van der Waals surface area contributed by atoms with Crippen LogP contribution in [0.4, 0.5) is 0 Å². The number of aliphatic hydroxyl groups excluding tert-OH is 1. The summed E-state index contributed by atoms with van der Waals surface area (Å²) in [4.78, 5) is 0. The summed E-state index contributed by atoms with van der Waals surface area (Å²) < 4.78 is 10.1. The molecule has 2 rings (SSSR count). The molecule has 90 valence electrons. The number of rotatable bonds is 4. The van der Waals surface area contributed by atoms with Crippen LogP contribution in [-0.2, 0) is 4.74 Å². The molecule has 2 aromatic carbocycles. The molecule has 3 nitrogen and oxygen atoms in total. The van der Waals surface area contributed by atoms with Crippen LogP contribution in [0.25, 0.3) is 10.8 Å². The molecule has 0 saturated heterocycles. The molecule has 3 heteroatoms. The molecule has 0 aliphatic carbocycles. The van der Waals surface area contributed by atoms with E-state index in [4.69, 9.17) is 9.47 Å². The quantitative estimate of drug-likeness (QED) is 0.880. The molecule has 1 N–H and O–H groups in total. The zero-order chi connectivity index (χ0) is 12.3. The van der Waals surface area contributed by atoms with Gasteiger partial charge in [0.25, 0.3) is 0 Å². The fourth-order valence-electron chi connectivity index (χ4n) is 1.83. The van der Waals surface area contributed by atoms with E-state index in [1.165, 1.54) is 0 Å². The van der Waals surface area contributed by atoms with Crippen LogP contribution in [0.3, 0.4) is 0 Å². The number of hydrogen-bond acceptors (Lipinski definition) is 3. The summed E-state index contributed by atoms with van der Waals surface area (Å²) in [6.45, 7) is 0.307. The van der Waals surface area contributed by atoms with Crippen LogP contribution >= 0.6 is 0 Å². The third-order valence-corrected chi connectivity index (χ3v) is 2.78. The summed E-state index contributed by atoms with van der Waals surface area (Å²) in [5.74, 6) is 0.836. The predicted octanol–water partition coefficient (Wildman–Crippen LogP) is 2.53. The summed E-state index contributed by atoms with van der Waals surface area (Å²) in [7, 11) is 3.23. The fourth-order valence-corrected chi connectivity index (χ4v) is 1.83. The van der Waals surface area contributed by atoms with Crippen molar-refractivity contribution in [1.82, 2.24) is 0 Å². The zero-order valence-corrected chi connectivity index (χ0v) is 10.0. The van der Waals surface area contributed by atoms with Gasteiger partial charge in [0.15, 0.2) is 0 Å².